The van der Waals surface area contributed by atoms with Crippen LogP contribution in [0.3, 0.4) is 0 Å². The zero-order valence-corrected chi connectivity index (χ0v) is 22.7. The number of amidine groups is 1. The average Bonchev–Trinajstić information content (AvgIpc) is 3.10. The van der Waals surface area contributed by atoms with Gasteiger partial charge >= 0.3 is 0 Å². The third-order valence-electron chi connectivity index (χ3n) is 6.50. The highest BCUT2D eigenvalue weighted by Gasteiger charge is 2.19. The maximum Gasteiger partial charge on any atom is 0.280 e. The molecule has 0 aliphatic rings. The average molecular weight is 459 g/mol. The van der Waals surface area contributed by atoms with Gasteiger partial charge < -0.3 is 10.3 Å². The van der Waals surface area contributed by atoms with E-state index in [9.17, 15) is 0 Å². The Morgan fingerprint density at radius 2 is 1.21 bits per heavy atom. The summed E-state index contributed by atoms with van der Waals surface area (Å²) in [5.74, 6) is 3.22. The second-order valence-electron chi connectivity index (χ2n) is 10.6. The van der Waals surface area contributed by atoms with Gasteiger partial charge in [0, 0.05) is 5.84 Å². The first-order valence-electron chi connectivity index (χ1n) is 12.6. The van der Waals surface area contributed by atoms with Gasteiger partial charge in [-0.25, -0.2) is 9.13 Å². The normalized spacial score (nSPS) is 12.5. The van der Waals surface area contributed by atoms with E-state index in [0.717, 1.165) is 23.0 Å². The highest BCUT2D eigenvalue weighted by molar-refractivity contribution is 6.12. The highest BCUT2D eigenvalue weighted by atomic mass is 15.2. The van der Waals surface area contributed by atoms with Crippen LogP contribution in [-0.4, -0.2) is 10.4 Å². The van der Waals surface area contributed by atoms with E-state index >= 15 is 0 Å². The molecule has 0 atom stereocenters. The Kier molecular flexibility index (Phi) is 8.01. The predicted octanol–water partition coefficient (Wildman–Crippen LogP) is 8.13. The highest BCUT2D eigenvalue weighted by Crippen LogP contribution is 2.40. The minimum absolute atomic E-state index is 0.370. The van der Waals surface area contributed by atoms with Crippen molar-refractivity contribution in [3.8, 4) is 0 Å². The molecule has 0 saturated heterocycles. The van der Waals surface area contributed by atoms with Gasteiger partial charge in [0.25, 0.3) is 5.82 Å². The summed E-state index contributed by atoms with van der Waals surface area (Å²) in [4.78, 5) is 5.37. The van der Waals surface area contributed by atoms with E-state index in [4.69, 9.17) is 10.3 Å². The number of imidazole rings is 1. The largest absolute Gasteiger partial charge is 0.429 e. The van der Waals surface area contributed by atoms with Crippen molar-refractivity contribution >= 4 is 17.2 Å². The van der Waals surface area contributed by atoms with E-state index in [1.807, 2.05) is 0 Å². The minimum atomic E-state index is 0.370. The van der Waals surface area contributed by atoms with Gasteiger partial charge in [-0.2, -0.15) is 0 Å². The lowest BCUT2D eigenvalue weighted by molar-refractivity contribution is -0.672. The summed E-state index contributed by atoms with van der Waals surface area (Å²) in [6.07, 6.45) is 4.13. The van der Waals surface area contributed by atoms with Crippen LogP contribution in [0.2, 0.25) is 0 Å². The predicted molar refractivity (Wildman–Crippen MR) is 145 cm³/mol. The minimum Gasteiger partial charge on any atom is -0.429 e. The number of aromatic nitrogens is 2. The van der Waals surface area contributed by atoms with Gasteiger partial charge in [0.2, 0.25) is 0 Å². The van der Waals surface area contributed by atoms with E-state index in [0.29, 0.717) is 23.7 Å². The number of hydrogen-bond acceptors (Lipinski definition) is 1. The van der Waals surface area contributed by atoms with Crippen molar-refractivity contribution in [3.05, 3.63) is 82.2 Å². The van der Waals surface area contributed by atoms with Crippen LogP contribution in [-0.2, 0) is 14.1 Å². The summed E-state index contributed by atoms with van der Waals surface area (Å²) in [6.45, 7) is 17.9. The molecule has 0 fully saturated rings. The summed E-state index contributed by atoms with van der Waals surface area (Å²) in [7, 11) is 4.13. The molecular weight excluding hydrogens is 416 g/mol. The number of rotatable bonds is 7. The van der Waals surface area contributed by atoms with Crippen LogP contribution in [0.4, 0.5) is 11.4 Å². The molecule has 0 spiro atoms. The van der Waals surface area contributed by atoms with Crippen molar-refractivity contribution in [1.29, 1.82) is 0 Å². The summed E-state index contributed by atoms with van der Waals surface area (Å²) in [5.41, 5.74) is 7.16. The number of para-hydroxylation sites is 2. The van der Waals surface area contributed by atoms with E-state index in [1.165, 1.54) is 22.3 Å². The molecule has 0 radical (unpaired) electrons. The SMILES string of the molecule is CC(C)c1cccc(C(C)C)c1N=C([N-]c1c(C(C)C)cccc1C(C)C)c1n(C)cc[n+]1C. The molecule has 4 heteroatoms. The molecule has 2 aromatic carbocycles. The molecule has 3 aromatic rings. The van der Waals surface area contributed by atoms with Crippen molar-refractivity contribution in [3.63, 3.8) is 0 Å². The zero-order chi connectivity index (χ0) is 25.2. The summed E-state index contributed by atoms with van der Waals surface area (Å²) >= 11 is 0. The lowest BCUT2D eigenvalue weighted by atomic mass is 9.92. The Balaban J connectivity index is 2.34. The van der Waals surface area contributed by atoms with E-state index in [2.05, 4.69) is 127 Å². The maximum absolute atomic E-state index is 5.37. The second-order valence-corrected chi connectivity index (χ2v) is 10.6. The molecule has 0 bridgehead atoms. The number of aliphatic imine (C=N–C) groups is 1. The molecule has 4 nitrogen and oxygen atoms in total. The number of aryl methyl sites for hydroxylation is 2. The van der Waals surface area contributed by atoms with E-state index < -0.39 is 0 Å². The molecular formula is C30H42N4. The molecule has 0 aliphatic carbocycles. The molecule has 182 valence electrons. The smallest absolute Gasteiger partial charge is 0.280 e. The molecule has 1 aromatic heterocycles. The molecule has 3 rings (SSSR count). The van der Waals surface area contributed by atoms with E-state index in [1.54, 1.807) is 0 Å². The van der Waals surface area contributed by atoms with Gasteiger partial charge in [0.05, 0.1) is 14.1 Å². The quantitative estimate of drug-likeness (QED) is 0.195. The fraction of sp³-hybridized carbons (Fsp3) is 0.467. The topological polar surface area (TPSA) is 35.3 Å². The molecule has 0 amide bonds. The first kappa shape index (κ1) is 25.7. The van der Waals surface area contributed by atoms with Gasteiger partial charge in [0.15, 0.2) is 0 Å². The lowest BCUT2D eigenvalue weighted by Gasteiger charge is -2.28. The third-order valence-corrected chi connectivity index (χ3v) is 6.50. The van der Waals surface area contributed by atoms with Gasteiger partial charge in [-0.05, 0) is 57.3 Å². The number of nitrogens with zero attached hydrogens (tertiary/aromatic N) is 4. The Morgan fingerprint density at radius 3 is 1.59 bits per heavy atom. The Morgan fingerprint density at radius 1 is 0.765 bits per heavy atom. The monoisotopic (exact) mass is 458 g/mol. The van der Waals surface area contributed by atoms with Crippen molar-refractivity contribution < 1.29 is 4.57 Å². The van der Waals surface area contributed by atoms with E-state index in [-0.39, 0.29) is 0 Å². The van der Waals surface area contributed by atoms with Crippen molar-refractivity contribution in [2.24, 2.45) is 19.1 Å². The second kappa shape index (κ2) is 10.6. The van der Waals surface area contributed by atoms with Gasteiger partial charge in [-0.1, -0.05) is 91.8 Å². The molecule has 0 aliphatic heterocycles. The van der Waals surface area contributed by atoms with Crippen LogP contribution < -0.4 is 4.57 Å². The number of benzene rings is 2. The fourth-order valence-corrected chi connectivity index (χ4v) is 4.52. The van der Waals surface area contributed by atoms with Crippen molar-refractivity contribution in [2.75, 3.05) is 0 Å². The van der Waals surface area contributed by atoms with Crippen LogP contribution >= 0.6 is 0 Å². The first-order valence-corrected chi connectivity index (χ1v) is 12.6. The van der Waals surface area contributed by atoms with Gasteiger partial charge in [-0.3, -0.25) is 0 Å². The van der Waals surface area contributed by atoms with Crippen LogP contribution in [0.1, 0.15) is 107 Å². The van der Waals surface area contributed by atoms with Gasteiger partial charge in [0.1, 0.15) is 12.4 Å². The summed E-state index contributed by atoms with van der Waals surface area (Å²) in [6, 6.07) is 13.2. The van der Waals surface area contributed by atoms with Crippen LogP contribution in [0, 0.1) is 0 Å². The van der Waals surface area contributed by atoms with Crippen LogP contribution in [0.15, 0.2) is 53.8 Å². The first-order chi connectivity index (χ1) is 16.0. The Labute approximate surface area is 206 Å². The standard InChI is InChI=1S/C30H42N4/c1-19(2)23-13-11-14-24(20(3)4)27(23)31-29(30-33(9)17-18-34(30)10)32-28-25(21(5)6)15-12-16-26(28)22(7)8/h11-22H,1-10H3. The van der Waals surface area contributed by atoms with Gasteiger partial charge in [-0.15, -0.1) is 0 Å². The molecule has 0 unspecified atom stereocenters. The number of hydrogen-bond donors (Lipinski definition) is 0. The summed E-state index contributed by atoms with van der Waals surface area (Å²) < 4.78 is 4.23. The fourth-order valence-electron chi connectivity index (χ4n) is 4.52. The molecule has 1 heterocycles. The Bertz CT molecular complexity index is 1090. The molecule has 0 saturated carbocycles. The third kappa shape index (κ3) is 5.27. The summed E-state index contributed by atoms with van der Waals surface area (Å²) in [5, 5.41) is 5.37. The lowest BCUT2D eigenvalue weighted by Crippen LogP contribution is -2.35. The molecule has 34 heavy (non-hydrogen) atoms. The molecule has 0 N–H and O–H groups in total. The van der Waals surface area contributed by atoms with Crippen LogP contribution in [0.25, 0.3) is 5.32 Å². The van der Waals surface area contributed by atoms with Crippen LogP contribution in [0.5, 0.6) is 0 Å². The Hall–Kier alpha value is -2.88. The zero-order valence-electron chi connectivity index (χ0n) is 22.7. The maximum atomic E-state index is 5.37. The van der Waals surface area contributed by atoms with Crippen molar-refractivity contribution in [2.45, 2.75) is 79.1 Å². The van der Waals surface area contributed by atoms with Crippen molar-refractivity contribution in [1.82, 2.24) is 4.57 Å².